The molecule has 0 saturated heterocycles. The van der Waals surface area contributed by atoms with Crippen molar-refractivity contribution in [1.82, 2.24) is 10.2 Å². The number of nitrogens with two attached hydrogens (primary N) is 1. The van der Waals surface area contributed by atoms with Gasteiger partial charge in [-0.1, -0.05) is 36.4 Å². The van der Waals surface area contributed by atoms with Gasteiger partial charge in [0.25, 0.3) is 0 Å². The molecule has 2 aromatic carbocycles. The van der Waals surface area contributed by atoms with Crippen molar-refractivity contribution in [3.05, 3.63) is 65.7 Å². The molecule has 20 heavy (non-hydrogen) atoms. The first-order chi connectivity index (χ1) is 9.81. The van der Waals surface area contributed by atoms with E-state index in [9.17, 15) is 0 Å². The van der Waals surface area contributed by atoms with Gasteiger partial charge in [-0.05, 0) is 17.7 Å². The molecule has 0 saturated carbocycles. The Balaban J connectivity index is 0.000000178. The minimum Gasteiger partial charge on any atom is -0.810 e. The topological polar surface area (TPSA) is 77.0 Å². The maximum absolute atomic E-state index is 8.51. The molecule has 1 heterocycles. The van der Waals surface area contributed by atoms with Crippen LogP contribution in [0, 0.1) is 0 Å². The molecule has 0 aliphatic heterocycles. The Bertz CT molecular complexity index is 624. The zero-order valence-electron chi connectivity index (χ0n) is 10.5. The third-order valence-electron chi connectivity index (χ3n) is 2.48. The first-order valence-corrected chi connectivity index (χ1v) is 7.88. The van der Waals surface area contributed by atoms with Gasteiger partial charge < -0.3 is 11.1 Å². The number of hydrogen-bond donors (Lipinski definition) is 2. The summed E-state index contributed by atoms with van der Waals surface area (Å²) in [5, 5.41) is 16.4. The summed E-state index contributed by atoms with van der Waals surface area (Å²) in [6.45, 7) is 0. The van der Waals surface area contributed by atoms with Crippen molar-refractivity contribution >= 4 is 32.5 Å². The second-order valence-electron chi connectivity index (χ2n) is 3.72. The number of hydrogen-bond acceptors (Lipinski definition) is 2. The van der Waals surface area contributed by atoms with E-state index in [1.807, 2.05) is 59.9 Å². The first kappa shape index (κ1) is 16.3. The Morgan fingerprint density at radius 2 is 1.75 bits per heavy atom. The molecule has 0 fully saturated rings. The number of H-pyrrole nitrogens is 1. The van der Waals surface area contributed by atoms with Crippen molar-refractivity contribution < 1.29 is 17.3 Å². The monoisotopic (exact) mass is 374 g/mol. The molecule has 4 nitrogen and oxygen atoms in total. The van der Waals surface area contributed by atoms with E-state index in [1.165, 1.54) is 0 Å². The predicted molar refractivity (Wildman–Crippen MR) is 81.3 cm³/mol. The van der Waals surface area contributed by atoms with Crippen LogP contribution in [0.1, 0.15) is 5.56 Å². The molecule has 3 rings (SSSR count). The van der Waals surface area contributed by atoms with E-state index in [0.717, 1.165) is 17.1 Å². The summed E-state index contributed by atoms with van der Waals surface area (Å²) in [4.78, 5) is 0. The van der Waals surface area contributed by atoms with Gasteiger partial charge in [0, 0.05) is 11.1 Å². The standard InChI is InChI=1S/C7H6N2.C7H7N2.ClH.Ru/c1-2-4-7-6(3-1)5-8-9-7;8-5-6-3-1-2-4-7(6)9;;/h1-5H,(H,8,9);1-5H,9H2;1H;/q;-1;;+2/p-1. The van der Waals surface area contributed by atoms with Gasteiger partial charge in [-0.3, -0.25) is 5.10 Å². The third-order valence-corrected chi connectivity index (χ3v) is 2.48. The van der Waals surface area contributed by atoms with Gasteiger partial charge in [0.2, 0.25) is 0 Å². The van der Waals surface area contributed by atoms with Crippen LogP contribution in [0.2, 0.25) is 0 Å². The van der Waals surface area contributed by atoms with E-state index >= 15 is 0 Å². The summed E-state index contributed by atoms with van der Waals surface area (Å²) in [6.07, 6.45) is 2.81. The Hall–Kier alpha value is -1.71. The number of aromatic nitrogens is 2. The number of nitrogens with zero attached hydrogens (tertiary/aromatic N) is 2. The largest absolute Gasteiger partial charge is 0.810 e. The molecule has 6 heteroatoms. The maximum atomic E-state index is 8.51. The number of para-hydroxylation sites is 2. The molecule has 0 spiro atoms. The van der Waals surface area contributed by atoms with Crippen molar-refractivity contribution in [2.45, 2.75) is 0 Å². The van der Waals surface area contributed by atoms with Gasteiger partial charge in [0.15, 0.2) is 0 Å². The summed E-state index contributed by atoms with van der Waals surface area (Å²) in [5.74, 6) is 0. The summed E-state index contributed by atoms with van der Waals surface area (Å²) in [7, 11) is 4.57. The van der Waals surface area contributed by atoms with Gasteiger partial charge in [-0.25, -0.2) is 0 Å². The molecule has 0 unspecified atom stereocenters. The zero-order valence-corrected chi connectivity index (χ0v) is 13.0. The molecule has 0 aliphatic rings. The van der Waals surface area contributed by atoms with Gasteiger partial charge in [-0.2, -0.15) is 11.3 Å². The van der Waals surface area contributed by atoms with Gasteiger partial charge in [0.05, 0.1) is 11.7 Å². The van der Waals surface area contributed by atoms with Crippen LogP contribution in [0.4, 0.5) is 5.69 Å². The molecular formula is C14H13ClN4Ru. The van der Waals surface area contributed by atoms with Crippen molar-refractivity contribution in [1.29, 1.82) is 0 Å². The van der Waals surface area contributed by atoms with E-state index in [0.29, 0.717) is 11.3 Å². The van der Waals surface area contributed by atoms with Crippen LogP contribution < -0.4 is 5.73 Å². The molecule has 0 radical (unpaired) electrons. The average molecular weight is 374 g/mol. The average Bonchev–Trinajstić information content (AvgIpc) is 2.99. The molecule has 1 aromatic heterocycles. The summed E-state index contributed by atoms with van der Waals surface area (Å²) in [5.41, 5.74) is 7.80. The first-order valence-electron chi connectivity index (χ1n) is 5.64. The third kappa shape index (κ3) is 4.76. The maximum Gasteiger partial charge on any atom is 0.0650 e. The Labute approximate surface area is 131 Å². The number of anilines is 1. The minimum absolute atomic E-state index is 0.597. The molecule has 0 atom stereocenters. The van der Waals surface area contributed by atoms with Crippen LogP contribution in [-0.2, 0) is 17.3 Å². The Morgan fingerprint density at radius 1 is 1.10 bits per heavy atom. The zero-order chi connectivity index (χ0) is 14.8. The molecule has 0 amide bonds. The fourth-order valence-corrected chi connectivity index (χ4v) is 1.51. The SMILES string of the molecule is [Cl][Ru+].[N-]=Cc1ccccc1N.c1ccc2[nH]ncc2c1. The number of benzene rings is 2. The smallest absolute Gasteiger partial charge is 0.0650 e. The predicted octanol–water partition coefficient (Wildman–Crippen LogP) is 3.51. The summed E-state index contributed by atoms with van der Waals surface area (Å²) in [6, 6.07) is 15.1. The van der Waals surface area contributed by atoms with Gasteiger partial charge >= 0.3 is 27.0 Å². The van der Waals surface area contributed by atoms with Crippen LogP contribution in [0.3, 0.4) is 0 Å². The van der Waals surface area contributed by atoms with Crippen molar-refractivity contribution in [3.8, 4) is 0 Å². The second kappa shape index (κ2) is 9.24. The van der Waals surface area contributed by atoms with Crippen LogP contribution >= 0.6 is 9.69 Å². The number of aromatic amines is 1. The van der Waals surface area contributed by atoms with Gasteiger partial charge in [-0.15, -0.1) is 0 Å². The van der Waals surface area contributed by atoms with Crippen molar-refractivity contribution in [2.75, 3.05) is 5.73 Å². The fourth-order valence-electron chi connectivity index (χ4n) is 1.51. The number of rotatable bonds is 1. The van der Waals surface area contributed by atoms with Crippen LogP contribution in [0.5, 0.6) is 0 Å². The fraction of sp³-hybridized carbons (Fsp3) is 0. The van der Waals surface area contributed by atoms with E-state index in [1.54, 1.807) is 12.1 Å². The van der Waals surface area contributed by atoms with E-state index < -0.39 is 0 Å². The quantitative estimate of drug-likeness (QED) is 0.389. The van der Waals surface area contributed by atoms with E-state index in [-0.39, 0.29) is 0 Å². The molecule has 3 N–H and O–H groups in total. The molecule has 0 bridgehead atoms. The number of halogens is 1. The number of nitrogens with one attached hydrogen (secondary N) is 1. The Kier molecular flexibility index (Phi) is 7.55. The second-order valence-corrected chi connectivity index (χ2v) is 3.72. The molecule has 3 aromatic rings. The minimum atomic E-state index is 0.597. The van der Waals surface area contributed by atoms with E-state index in [2.05, 4.69) is 19.9 Å². The number of fused-ring (bicyclic) bond motifs is 1. The van der Waals surface area contributed by atoms with Crippen LogP contribution in [-0.4, -0.2) is 16.4 Å². The van der Waals surface area contributed by atoms with Crippen LogP contribution in [0.25, 0.3) is 16.3 Å². The van der Waals surface area contributed by atoms with E-state index in [4.69, 9.17) is 11.1 Å². The molecule has 0 aliphatic carbocycles. The molecule has 104 valence electrons. The molecular weight excluding hydrogens is 361 g/mol. The Morgan fingerprint density at radius 3 is 2.35 bits per heavy atom. The van der Waals surface area contributed by atoms with Crippen LogP contribution in [0.15, 0.2) is 54.7 Å². The van der Waals surface area contributed by atoms with Crippen molar-refractivity contribution in [2.24, 2.45) is 0 Å². The number of nitrogen functional groups attached to an aromatic ring is 1. The van der Waals surface area contributed by atoms with Gasteiger partial charge in [0.1, 0.15) is 0 Å². The normalized spacial score (nSPS) is 8.90. The summed E-state index contributed by atoms with van der Waals surface area (Å²) >= 11 is 1.82. The summed E-state index contributed by atoms with van der Waals surface area (Å²) < 4.78 is 0. The van der Waals surface area contributed by atoms with Crippen molar-refractivity contribution in [3.63, 3.8) is 0 Å².